The number of allylic oxidation sites excluding steroid dienone is 8. The Bertz CT molecular complexity index is 2740. The first-order chi connectivity index (χ1) is 41.0. The second-order valence-corrected chi connectivity index (χ2v) is 53.9. The van der Waals surface area contributed by atoms with E-state index in [0.29, 0.717) is 11.8 Å². The normalized spacial score (nSPS) is 29.4. The highest BCUT2D eigenvalue weighted by Gasteiger charge is 2.50. The third-order valence-corrected chi connectivity index (χ3v) is 42.4. The molecule has 90 heavy (non-hydrogen) atoms. The van der Waals surface area contributed by atoms with Crippen LogP contribution in [0.25, 0.3) is 0 Å². The van der Waals surface area contributed by atoms with Crippen LogP contribution in [0.1, 0.15) is 221 Å². The van der Waals surface area contributed by atoms with Crippen LogP contribution in [-0.4, -0.2) is 106 Å². The summed E-state index contributed by atoms with van der Waals surface area (Å²) in [5, 5.41) is 9.66. The van der Waals surface area contributed by atoms with Crippen LogP contribution < -0.4 is 0 Å². The molecule has 0 bridgehead atoms. The molecular formula is C76H132O10Si4. The topological polar surface area (TPSA) is 119 Å². The molecule has 1 unspecified atom stereocenters. The molecule has 0 saturated heterocycles. The van der Waals surface area contributed by atoms with Gasteiger partial charge in [0.2, 0.25) is 0 Å². The summed E-state index contributed by atoms with van der Waals surface area (Å²) in [5.74, 6) is -0.333. The third-order valence-electron chi connectivity index (χ3n) is 24.3. The van der Waals surface area contributed by atoms with Gasteiger partial charge in [-0.25, -0.2) is 9.59 Å². The molecule has 6 aliphatic carbocycles. The molecule has 0 radical (unpaired) electrons. The zero-order valence-corrected chi connectivity index (χ0v) is 66.4. The molecule has 512 valence electrons. The van der Waals surface area contributed by atoms with E-state index in [-0.39, 0.29) is 86.8 Å². The fourth-order valence-corrected chi connectivity index (χ4v) is 19.1. The first kappa shape index (κ1) is 78.2. The van der Waals surface area contributed by atoms with E-state index in [2.05, 4.69) is 220 Å². The Morgan fingerprint density at radius 1 is 0.567 bits per heavy atom. The van der Waals surface area contributed by atoms with E-state index in [1.807, 2.05) is 13.8 Å². The van der Waals surface area contributed by atoms with Crippen molar-refractivity contribution < 1.29 is 46.6 Å². The monoisotopic (exact) mass is 1320 g/mol. The van der Waals surface area contributed by atoms with Gasteiger partial charge in [-0.3, -0.25) is 0 Å². The van der Waals surface area contributed by atoms with Gasteiger partial charge in [0.1, 0.15) is 18.8 Å². The molecule has 10 atom stereocenters. The Kier molecular flexibility index (Phi) is 25.6. The maximum Gasteiger partial charge on any atom is 0.332 e. The molecule has 0 aromatic rings. The molecule has 0 aliphatic heterocycles. The Hall–Kier alpha value is -2.51. The van der Waals surface area contributed by atoms with Crippen LogP contribution in [-0.2, 0) is 41.5 Å². The van der Waals surface area contributed by atoms with E-state index in [1.54, 1.807) is 0 Å². The first-order valence-corrected chi connectivity index (χ1v) is 46.6. The largest absolute Gasteiger partial charge is 0.480 e. The van der Waals surface area contributed by atoms with Crippen LogP contribution >= 0.6 is 0 Å². The highest BCUT2D eigenvalue weighted by Crippen LogP contribution is 2.58. The van der Waals surface area contributed by atoms with Crippen molar-refractivity contribution in [3.8, 4) is 0 Å². The molecule has 1 N–H and O–H groups in total. The fraction of sp³-hybridized carbons (Fsp3) is 0.763. The van der Waals surface area contributed by atoms with E-state index in [9.17, 15) is 9.59 Å². The minimum absolute atomic E-state index is 0.00599. The van der Waals surface area contributed by atoms with E-state index >= 15 is 0 Å². The summed E-state index contributed by atoms with van der Waals surface area (Å²) in [6.07, 6.45) is 27.9. The number of aliphatic carboxylic acids is 1. The summed E-state index contributed by atoms with van der Waals surface area (Å²) in [6, 6.07) is 0. The van der Waals surface area contributed by atoms with Crippen molar-refractivity contribution in [2.24, 2.45) is 22.7 Å². The lowest BCUT2D eigenvalue weighted by Crippen LogP contribution is -2.49. The predicted molar refractivity (Wildman–Crippen MR) is 387 cm³/mol. The van der Waals surface area contributed by atoms with E-state index in [0.717, 1.165) is 101 Å². The maximum atomic E-state index is 12.7. The summed E-state index contributed by atoms with van der Waals surface area (Å²) >= 11 is 0. The summed E-state index contributed by atoms with van der Waals surface area (Å²) in [6.45, 7) is 70.5. The minimum Gasteiger partial charge on any atom is -0.480 e. The van der Waals surface area contributed by atoms with Crippen molar-refractivity contribution in [1.29, 1.82) is 0 Å². The highest BCUT2D eigenvalue weighted by molar-refractivity contribution is 6.75. The molecule has 6 aliphatic rings. The van der Waals surface area contributed by atoms with Gasteiger partial charge < -0.3 is 37.0 Å². The molecule has 0 aromatic heterocycles. The lowest BCUT2D eigenvalue weighted by atomic mass is 9.63. The summed E-state index contributed by atoms with van der Waals surface area (Å²) < 4.78 is 45.9. The van der Waals surface area contributed by atoms with Gasteiger partial charge in [-0.1, -0.05) is 172 Å². The van der Waals surface area contributed by atoms with Crippen molar-refractivity contribution in [2.75, 3.05) is 13.2 Å². The predicted octanol–water partition coefficient (Wildman–Crippen LogP) is 21.2. The van der Waals surface area contributed by atoms with Gasteiger partial charge in [0.25, 0.3) is 0 Å². The fourth-order valence-electron chi connectivity index (χ4n) is 13.8. The number of ether oxygens (including phenoxy) is 3. The van der Waals surface area contributed by atoms with Crippen LogP contribution in [0.4, 0.5) is 0 Å². The Morgan fingerprint density at radius 2 is 0.900 bits per heavy atom. The van der Waals surface area contributed by atoms with Gasteiger partial charge in [0.15, 0.2) is 33.3 Å². The van der Waals surface area contributed by atoms with Crippen LogP contribution in [0.15, 0.2) is 94.2 Å². The van der Waals surface area contributed by atoms with Crippen LogP contribution in [0, 0.1) is 22.7 Å². The van der Waals surface area contributed by atoms with Crippen LogP contribution in [0.3, 0.4) is 0 Å². The quantitative estimate of drug-likeness (QED) is 0.0676. The van der Waals surface area contributed by atoms with Gasteiger partial charge >= 0.3 is 11.9 Å². The second-order valence-electron chi connectivity index (χ2n) is 34.9. The minimum atomic E-state index is -2.02. The van der Waals surface area contributed by atoms with Gasteiger partial charge in [0, 0.05) is 12.8 Å². The number of esters is 1. The number of hydrogen-bond acceptors (Lipinski definition) is 9. The van der Waals surface area contributed by atoms with Crippen molar-refractivity contribution >= 4 is 45.2 Å². The van der Waals surface area contributed by atoms with Crippen molar-refractivity contribution in [3.05, 3.63) is 94.2 Å². The molecular weight excluding hydrogens is 1190 g/mol. The average molecular weight is 1320 g/mol. The summed E-state index contributed by atoms with van der Waals surface area (Å²) in [4.78, 5) is 23.8. The van der Waals surface area contributed by atoms with E-state index < -0.39 is 44.8 Å². The van der Waals surface area contributed by atoms with Gasteiger partial charge in [-0.05, 0) is 226 Å². The summed E-state index contributed by atoms with van der Waals surface area (Å²) in [5.41, 5.74) is 9.98. The average Bonchev–Trinajstić information content (AvgIpc) is 1.80. The Morgan fingerprint density at radius 3 is 1.22 bits per heavy atom. The lowest BCUT2D eigenvalue weighted by Gasteiger charge is -2.45. The van der Waals surface area contributed by atoms with Gasteiger partial charge in [0.05, 0.1) is 36.6 Å². The zero-order valence-electron chi connectivity index (χ0n) is 62.4. The molecule has 0 heterocycles. The van der Waals surface area contributed by atoms with Crippen molar-refractivity contribution in [1.82, 2.24) is 0 Å². The molecule has 4 fully saturated rings. The third kappa shape index (κ3) is 18.7. The molecule has 0 amide bonds. The standard InChI is InChI=1S/C41H72O5Si2.C35H60O5Si2/c1-17-40(11,18-2)44-37(42)28-43-30(4)34-23-24-35-31(20-19-25-41(34,35)12)21-22-32-26-33(45-47(13,14)38(5,6)7)27-36(29(32)3)46-48(15,16)39(8,9)10;1-24-27(17-16-26-15-14-20-35(9)29(18-19-30(26)35)25(2)38-23-32(36)37)21-28(39-41(10,11)33(3,4)5)22-31(24)40-42(12,13)34(6,7)8/h21-23,30,33,35-36H,3,17-20,24-28H2,1-2,4-16H3;16-18,25,28,30-31H,1,14-15,19-23H2,2-13H3,(H,36,37)/t30-,33-,35+,36+,41-;25-,28-,30?,31+,35-/m11/s1. The smallest absolute Gasteiger partial charge is 0.332 e. The molecule has 0 spiro atoms. The van der Waals surface area contributed by atoms with Gasteiger partial charge in [-0.2, -0.15) is 0 Å². The van der Waals surface area contributed by atoms with Crippen LogP contribution in [0.5, 0.6) is 0 Å². The second kappa shape index (κ2) is 29.5. The molecule has 4 saturated carbocycles. The first-order valence-electron chi connectivity index (χ1n) is 35.0. The Balaban J connectivity index is 0.000000330. The van der Waals surface area contributed by atoms with Crippen molar-refractivity contribution in [2.45, 2.75) is 336 Å². The van der Waals surface area contributed by atoms with Gasteiger partial charge in [-0.15, -0.1) is 0 Å². The maximum absolute atomic E-state index is 12.7. The number of rotatable bonds is 21. The number of carboxylic acids is 1. The molecule has 10 nitrogen and oxygen atoms in total. The Labute approximate surface area is 554 Å². The molecule has 6 rings (SSSR count). The number of carboxylic acid groups (broad SMARTS) is 1. The number of fused-ring (bicyclic) bond motifs is 2. The molecule has 14 heteroatoms. The number of hydrogen-bond donors (Lipinski definition) is 1. The molecule has 0 aromatic carbocycles. The number of carbonyl (C=O) groups is 2. The number of carbonyl (C=O) groups excluding carboxylic acids is 1. The van der Waals surface area contributed by atoms with Crippen molar-refractivity contribution in [3.63, 3.8) is 0 Å². The highest BCUT2D eigenvalue weighted by atomic mass is 28.4. The van der Waals surface area contributed by atoms with E-state index in [4.69, 9.17) is 37.0 Å². The SMILES string of the molecule is C=C1C(=CC=C2CCC[C@]3(C)C([C@@H](C)OCC(=O)O)=CCC23)C[C@@H](O[Si](C)(C)C(C)(C)C)C[C@@H]1O[Si](C)(C)C(C)(C)C.C=C1C(=CC=C2CCC[C@]3(C)C([C@@H](C)OCC(=O)OC(C)(CC)CC)=CC[C@@H]23)C[C@@H](O[Si](C)(C)C(C)(C)C)C[C@@H]1O[Si](C)(C)C(C)(C)C. The van der Waals surface area contributed by atoms with Crippen LogP contribution in [0.2, 0.25) is 72.5 Å². The zero-order chi connectivity index (χ0) is 68.4. The summed E-state index contributed by atoms with van der Waals surface area (Å²) in [7, 11) is -7.94. The lowest BCUT2D eigenvalue weighted by molar-refractivity contribution is -0.165. The van der Waals surface area contributed by atoms with E-state index in [1.165, 1.54) is 33.4 Å².